The summed E-state index contributed by atoms with van der Waals surface area (Å²) in [5.41, 5.74) is 0. The summed E-state index contributed by atoms with van der Waals surface area (Å²) in [6.07, 6.45) is 0. The van der Waals surface area contributed by atoms with Crippen molar-refractivity contribution in [3.63, 3.8) is 0 Å². The Morgan fingerprint density at radius 3 is 1.94 bits per heavy atom. The third-order valence-electron chi connectivity index (χ3n) is 2.17. The van der Waals surface area contributed by atoms with Crippen molar-refractivity contribution in [2.24, 2.45) is 5.92 Å². The van der Waals surface area contributed by atoms with Crippen LogP contribution < -0.4 is 10.6 Å². The Bertz CT molecular complexity index is 228. The molecule has 17 heavy (non-hydrogen) atoms. The van der Waals surface area contributed by atoms with Gasteiger partial charge in [0, 0.05) is 14.1 Å². The van der Waals surface area contributed by atoms with E-state index in [0.717, 1.165) is 0 Å². The summed E-state index contributed by atoms with van der Waals surface area (Å²) in [5, 5.41) is 5.52. The molecule has 0 aliphatic carbocycles. The second kappa shape index (κ2) is 10.1. The SMILES string of the molecule is CC.CNC(C(=O)NCC(=O)N(C)C)C(C)C. The molecule has 0 aromatic rings. The zero-order valence-electron chi connectivity index (χ0n) is 12.1. The quantitative estimate of drug-likeness (QED) is 0.740. The zero-order chi connectivity index (χ0) is 14.0. The van der Waals surface area contributed by atoms with E-state index in [4.69, 9.17) is 0 Å². The Hall–Kier alpha value is -1.10. The number of nitrogens with one attached hydrogen (secondary N) is 2. The van der Waals surface area contributed by atoms with Crippen LogP contribution in [0.25, 0.3) is 0 Å². The summed E-state index contributed by atoms with van der Waals surface area (Å²) in [6.45, 7) is 7.96. The third kappa shape index (κ3) is 7.74. The zero-order valence-corrected chi connectivity index (χ0v) is 12.1. The van der Waals surface area contributed by atoms with Crippen molar-refractivity contribution in [3.8, 4) is 0 Å². The highest BCUT2D eigenvalue weighted by atomic mass is 16.2. The van der Waals surface area contributed by atoms with E-state index in [1.165, 1.54) is 4.90 Å². The van der Waals surface area contributed by atoms with Crippen LogP contribution in [0.3, 0.4) is 0 Å². The highest BCUT2D eigenvalue weighted by Crippen LogP contribution is 2.00. The molecular weight excluding hydrogens is 218 g/mol. The van der Waals surface area contributed by atoms with Crippen LogP contribution in [0.1, 0.15) is 27.7 Å². The molecule has 1 atom stereocenters. The van der Waals surface area contributed by atoms with Gasteiger partial charge in [0.2, 0.25) is 11.8 Å². The van der Waals surface area contributed by atoms with Crippen LogP contribution in [0.5, 0.6) is 0 Å². The first kappa shape index (κ1) is 18.3. The normalized spacial score (nSPS) is 11.3. The topological polar surface area (TPSA) is 61.4 Å². The van der Waals surface area contributed by atoms with Crippen LogP contribution >= 0.6 is 0 Å². The highest BCUT2D eigenvalue weighted by Gasteiger charge is 2.20. The molecular formula is C12H27N3O2. The molecule has 0 spiro atoms. The van der Waals surface area contributed by atoms with Gasteiger partial charge < -0.3 is 15.5 Å². The van der Waals surface area contributed by atoms with Gasteiger partial charge in [0.15, 0.2) is 0 Å². The second-order valence-electron chi connectivity index (χ2n) is 4.02. The van der Waals surface area contributed by atoms with Crippen LogP contribution in [0, 0.1) is 5.92 Å². The van der Waals surface area contributed by atoms with E-state index < -0.39 is 0 Å². The van der Waals surface area contributed by atoms with Gasteiger partial charge >= 0.3 is 0 Å². The maximum Gasteiger partial charge on any atom is 0.241 e. The molecule has 0 aliphatic rings. The van der Waals surface area contributed by atoms with Crippen LogP contribution in [0.15, 0.2) is 0 Å². The summed E-state index contributed by atoms with van der Waals surface area (Å²) >= 11 is 0. The van der Waals surface area contributed by atoms with Crippen LogP contribution in [0.2, 0.25) is 0 Å². The number of likely N-dealkylation sites (N-methyl/N-ethyl adjacent to an activating group) is 2. The van der Waals surface area contributed by atoms with Gasteiger partial charge in [-0.25, -0.2) is 0 Å². The number of carbonyl (C=O) groups is 2. The van der Waals surface area contributed by atoms with Gasteiger partial charge in [0.25, 0.3) is 0 Å². The van der Waals surface area contributed by atoms with Gasteiger partial charge in [-0.1, -0.05) is 27.7 Å². The fraction of sp³-hybridized carbons (Fsp3) is 0.833. The number of rotatable bonds is 5. The minimum atomic E-state index is -0.250. The van der Waals surface area contributed by atoms with Gasteiger partial charge in [-0.3, -0.25) is 9.59 Å². The minimum absolute atomic E-state index is 0.0523. The summed E-state index contributed by atoms with van der Waals surface area (Å²) in [4.78, 5) is 24.3. The molecule has 2 amide bonds. The van der Waals surface area contributed by atoms with Crippen molar-refractivity contribution >= 4 is 11.8 Å². The minimum Gasteiger partial charge on any atom is -0.347 e. The number of hydrogen-bond donors (Lipinski definition) is 2. The van der Waals surface area contributed by atoms with Gasteiger partial charge in [0.1, 0.15) is 0 Å². The van der Waals surface area contributed by atoms with E-state index in [9.17, 15) is 9.59 Å². The van der Waals surface area contributed by atoms with Gasteiger partial charge in [-0.15, -0.1) is 0 Å². The Balaban J connectivity index is 0. The Morgan fingerprint density at radius 1 is 1.18 bits per heavy atom. The number of amides is 2. The van der Waals surface area contributed by atoms with Gasteiger partial charge in [-0.05, 0) is 13.0 Å². The molecule has 5 heteroatoms. The summed E-state index contributed by atoms with van der Waals surface area (Å²) < 4.78 is 0. The summed E-state index contributed by atoms with van der Waals surface area (Å²) in [6, 6.07) is -0.250. The molecule has 0 saturated carbocycles. The van der Waals surface area contributed by atoms with Gasteiger partial charge in [-0.2, -0.15) is 0 Å². The average molecular weight is 245 g/mol. The fourth-order valence-corrected chi connectivity index (χ4v) is 1.20. The Labute approximate surface area is 105 Å². The molecule has 0 radical (unpaired) electrons. The van der Waals surface area contributed by atoms with E-state index in [-0.39, 0.29) is 30.3 Å². The molecule has 0 aliphatic heterocycles. The average Bonchev–Trinajstić information content (AvgIpc) is 2.28. The van der Waals surface area contributed by atoms with E-state index in [1.54, 1.807) is 21.1 Å². The lowest BCUT2D eigenvalue weighted by Crippen LogP contribution is -2.48. The van der Waals surface area contributed by atoms with Crippen molar-refractivity contribution in [1.82, 2.24) is 15.5 Å². The lowest BCUT2D eigenvalue weighted by atomic mass is 10.0. The predicted molar refractivity (Wildman–Crippen MR) is 70.7 cm³/mol. The largest absolute Gasteiger partial charge is 0.347 e. The van der Waals surface area contributed by atoms with E-state index >= 15 is 0 Å². The molecule has 0 rings (SSSR count). The van der Waals surface area contributed by atoms with Crippen molar-refractivity contribution in [1.29, 1.82) is 0 Å². The molecule has 5 nitrogen and oxygen atoms in total. The first-order chi connectivity index (χ1) is 7.90. The lowest BCUT2D eigenvalue weighted by Gasteiger charge is -2.19. The Morgan fingerprint density at radius 2 is 1.65 bits per heavy atom. The first-order valence-electron chi connectivity index (χ1n) is 6.05. The highest BCUT2D eigenvalue weighted by molar-refractivity contribution is 5.87. The van der Waals surface area contributed by atoms with Gasteiger partial charge in [0.05, 0.1) is 12.6 Å². The van der Waals surface area contributed by atoms with Crippen molar-refractivity contribution < 1.29 is 9.59 Å². The maximum atomic E-state index is 11.6. The standard InChI is InChI=1S/C10H21N3O2.C2H6/c1-7(2)9(11-3)10(15)12-6-8(14)13(4)5;1-2/h7,9,11H,6H2,1-5H3,(H,12,15);1-2H3. The second-order valence-corrected chi connectivity index (χ2v) is 4.02. The number of hydrogen-bond acceptors (Lipinski definition) is 3. The van der Waals surface area contributed by atoms with E-state index in [2.05, 4.69) is 10.6 Å². The van der Waals surface area contributed by atoms with Crippen LogP contribution in [0.4, 0.5) is 0 Å². The van der Waals surface area contributed by atoms with Crippen molar-refractivity contribution in [2.75, 3.05) is 27.7 Å². The van der Waals surface area contributed by atoms with Crippen molar-refractivity contribution in [2.45, 2.75) is 33.7 Å². The molecule has 2 N–H and O–H groups in total. The van der Waals surface area contributed by atoms with E-state index in [1.807, 2.05) is 27.7 Å². The Kier molecular flexibility index (Phi) is 10.8. The molecule has 0 saturated heterocycles. The number of nitrogens with zero attached hydrogens (tertiary/aromatic N) is 1. The third-order valence-corrected chi connectivity index (χ3v) is 2.17. The number of carbonyl (C=O) groups excluding carboxylic acids is 2. The fourth-order valence-electron chi connectivity index (χ4n) is 1.20. The summed E-state index contributed by atoms with van der Waals surface area (Å²) in [5.74, 6) is -0.0471. The monoisotopic (exact) mass is 245 g/mol. The van der Waals surface area contributed by atoms with E-state index in [0.29, 0.717) is 0 Å². The predicted octanol–water partition coefficient (Wildman–Crippen LogP) is 0.461. The van der Waals surface area contributed by atoms with Crippen LogP contribution in [-0.4, -0.2) is 50.4 Å². The molecule has 0 aromatic carbocycles. The smallest absolute Gasteiger partial charge is 0.241 e. The molecule has 0 fully saturated rings. The molecule has 0 aromatic heterocycles. The maximum absolute atomic E-state index is 11.6. The summed E-state index contributed by atoms with van der Waals surface area (Å²) in [7, 11) is 5.05. The molecule has 1 unspecified atom stereocenters. The molecule has 0 heterocycles. The van der Waals surface area contributed by atoms with Crippen LogP contribution in [-0.2, 0) is 9.59 Å². The molecule has 0 bridgehead atoms. The first-order valence-corrected chi connectivity index (χ1v) is 6.05. The lowest BCUT2D eigenvalue weighted by molar-refractivity contribution is -0.131. The molecule has 102 valence electrons. The van der Waals surface area contributed by atoms with Crippen molar-refractivity contribution in [3.05, 3.63) is 0 Å².